The second kappa shape index (κ2) is 11.0. The van der Waals surface area contributed by atoms with Crippen LogP contribution in [0.1, 0.15) is 25.0 Å². The Morgan fingerprint density at radius 1 is 1.09 bits per heavy atom. The summed E-state index contributed by atoms with van der Waals surface area (Å²) in [6, 6.07) is 9.19. The lowest BCUT2D eigenvalue weighted by Crippen LogP contribution is -2.50. The molecule has 2 aromatic rings. The van der Waals surface area contributed by atoms with Crippen molar-refractivity contribution in [3.63, 3.8) is 0 Å². The SMILES string of the molecule is Cc1ccnn1CCC(=O)N1CC[C@H](Oc2ccc(Cl)cc2)[C@@H](CC(=O)N2CCOCC2)C1. The van der Waals surface area contributed by atoms with Crippen LogP contribution in [0.5, 0.6) is 5.75 Å². The number of hydrogen-bond acceptors (Lipinski definition) is 5. The van der Waals surface area contributed by atoms with Gasteiger partial charge in [0.1, 0.15) is 11.9 Å². The molecule has 0 N–H and O–H groups in total. The molecule has 8 nitrogen and oxygen atoms in total. The lowest BCUT2D eigenvalue weighted by atomic mass is 9.90. The number of aromatic nitrogens is 2. The Morgan fingerprint density at radius 2 is 1.85 bits per heavy atom. The van der Waals surface area contributed by atoms with E-state index in [9.17, 15) is 9.59 Å². The topological polar surface area (TPSA) is 76.9 Å². The van der Waals surface area contributed by atoms with Gasteiger partial charge in [0.25, 0.3) is 0 Å². The number of hydrogen-bond donors (Lipinski definition) is 0. The van der Waals surface area contributed by atoms with E-state index in [0.29, 0.717) is 70.2 Å². The highest BCUT2D eigenvalue weighted by Crippen LogP contribution is 2.27. The first-order valence-corrected chi connectivity index (χ1v) is 11.9. The van der Waals surface area contributed by atoms with Gasteiger partial charge in [-0.25, -0.2) is 0 Å². The number of morpholine rings is 1. The molecule has 0 bridgehead atoms. The van der Waals surface area contributed by atoms with E-state index in [1.807, 2.05) is 39.6 Å². The average molecular weight is 475 g/mol. The van der Waals surface area contributed by atoms with Crippen molar-refractivity contribution < 1.29 is 19.1 Å². The van der Waals surface area contributed by atoms with E-state index in [1.54, 1.807) is 18.3 Å². The van der Waals surface area contributed by atoms with Crippen LogP contribution in [0.2, 0.25) is 5.02 Å². The summed E-state index contributed by atoms with van der Waals surface area (Å²) in [7, 11) is 0. The van der Waals surface area contributed by atoms with Crippen molar-refractivity contribution in [3.05, 3.63) is 47.2 Å². The Kier molecular flexibility index (Phi) is 7.88. The highest BCUT2D eigenvalue weighted by atomic mass is 35.5. The van der Waals surface area contributed by atoms with E-state index >= 15 is 0 Å². The standard InChI is InChI=1S/C24H31ClN4O4/c1-18-6-9-26-29(18)11-8-23(30)28-10-7-22(33-21-4-2-20(25)3-5-21)19(17-28)16-24(31)27-12-14-32-15-13-27/h2-6,9,19,22H,7-8,10-17H2,1H3/t19-,22-/m0/s1. The summed E-state index contributed by atoms with van der Waals surface area (Å²) in [6.45, 7) is 6.00. The zero-order valence-corrected chi connectivity index (χ0v) is 19.7. The van der Waals surface area contributed by atoms with E-state index < -0.39 is 0 Å². The molecular weight excluding hydrogens is 444 g/mol. The molecule has 33 heavy (non-hydrogen) atoms. The minimum absolute atomic E-state index is 0.0821. The van der Waals surface area contributed by atoms with Gasteiger partial charge in [-0.3, -0.25) is 14.3 Å². The van der Waals surface area contributed by atoms with Crippen molar-refractivity contribution in [2.24, 2.45) is 5.92 Å². The molecule has 4 rings (SSSR count). The van der Waals surface area contributed by atoms with Crippen LogP contribution in [0.15, 0.2) is 36.5 Å². The van der Waals surface area contributed by atoms with E-state index in [2.05, 4.69) is 5.10 Å². The van der Waals surface area contributed by atoms with Crippen LogP contribution in [0.25, 0.3) is 0 Å². The molecule has 3 heterocycles. The van der Waals surface area contributed by atoms with Gasteiger partial charge in [-0.15, -0.1) is 0 Å². The zero-order chi connectivity index (χ0) is 23.2. The molecule has 0 saturated carbocycles. The Hall–Kier alpha value is -2.58. The Bertz CT molecular complexity index is 942. The molecule has 2 aliphatic rings. The Morgan fingerprint density at radius 3 is 2.55 bits per heavy atom. The Balaban J connectivity index is 1.41. The summed E-state index contributed by atoms with van der Waals surface area (Å²) >= 11 is 6.00. The van der Waals surface area contributed by atoms with Crippen LogP contribution in [-0.2, 0) is 20.9 Å². The smallest absolute Gasteiger partial charge is 0.224 e. The number of ether oxygens (including phenoxy) is 2. The molecule has 1 aromatic carbocycles. The fourth-order valence-electron chi connectivity index (χ4n) is 4.44. The predicted molar refractivity (Wildman–Crippen MR) is 124 cm³/mol. The lowest BCUT2D eigenvalue weighted by molar-refractivity contribution is -0.141. The van der Waals surface area contributed by atoms with Gasteiger partial charge in [0.15, 0.2) is 0 Å². The van der Waals surface area contributed by atoms with Gasteiger partial charge in [0, 0.05) is 74.8 Å². The van der Waals surface area contributed by atoms with Gasteiger partial charge in [0.05, 0.1) is 13.2 Å². The molecule has 2 amide bonds. The monoisotopic (exact) mass is 474 g/mol. The van der Waals surface area contributed by atoms with Crippen LogP contribution >= 0.6 is 11.6 Å². The van der Waals surface area contributed by atoms with Crippen LogP contribution in [-0.4, -0.2) is 76.9 Å². The van der Waals surface area contributed by atoms with Crippen molar-refractivity contribution in [2.45, 2.75) is 38.8 Å². The molecule has 2 aliphatic heterocycles. The van der Waals surface area contributed by atoms with Crippen molar-refractivity contribution in [1.82, 2.24) is 19.6 Å². The first-order valence-electron chi connectivity index (χ1n) is 11.5. The molecule has 9 heteroatoms. The van der Waals surface area contributed by atoms with Gasteiger partial charge in [0.2, 0.25) is 11.8 Å². The average Bonchev–Trinajstić information content (AvgIpc) is 3.25. The fraction of sp³-hybridized carbons (Fsp3) is 0.542. The molecule has 2 atom stereocenters. The zero-order valence-electron chi connectivity index (χ0n) is 19.0. The van der Waals surface area contributed by atoms with E-state index in [-0.39, 0.29) is 23.8 Å². The highest BCUT2D eigenvalue weighted by Gasteiger charge is 2.35. The third kappa shape index (κ3) is 6.26. The van der Waals surface area contributed by atoms with Crippen molar-refractivity contribution in [3.8, 4) is 5.75 Å². The largest absolute Gasteiger partial charge is 0.490 e. The molecular formula is C24H31ClN4O4. The minimum Gasteiger partial charge on any atom is -0.490 e. The molecule has 0 unspecified atom stereocenters. The third-order valence-corrected chi connectivity index (χ3v) is 6.64. The maximum Gasteiger partial charge on any atom is 0.224 e. The molecule has 2 saturated heterocycles. The maximum absolute atomic E-state index is 13.0. The van der Waals surface area contributed by atoms with Crippen molar-refractivity contribution >= 4 is 23.4 Å². The molecule has 178 valence electrons. The van der Waals surface area contributed by atoms with Gasteiger partial charge < -0.3 is 19.3 Å². The minimum atomic E-state index is -0.145. The van der Waals surface area contributed by atoms with Gasteiger partial charge >= 0.3 is 0 Å². The number of amides is 2. The number of rotatable bonds is 7. The number of halogens is 1. The normalized spacial score (nSPS) is 21.2. The number of piperidine rings is 1. The summed E-state index contributed by atoms with van der Waals surface area (Å²) in [5.74, 6) is 0.815. The first kappa shape index (κ1) is 23.6. The summed E-state index contributed by atoms with van der Waals surface area (Å²) < 4.78 is 13.5. The van der Waals surface area contributed by atoms with Gasteiger partial charge in [-0.05, 0) is 37.3 Å². The van der Waals surface area contributed by atoms with Gasteiger partial charge in [-0.2, -0.15) is 5.10 Å². The van der Waals surface area contributed by atoms with Crippen LogP contribution in [0.3, 0.4) is 0 Å². The Labute approximate surface area is 199 Å². The van der Waals surface area contributed by atoms with Crippen LogP contribution < -0.4 is 4.74 Å². The van der Waals surface area contributed by atoms with Crippen molar-refractivity contribution in [1.29, 1.82) is 0 Å². The van der Waals surface area contributed by atoms with E-state index in [1.165, 1.54) is 0 Å². The molecule has 1 aromatic heterocycles. The number of nitrogens with zero attached hydrogens (tertiary/aromatic N) is 4. The molecule has 0 aliphatic carbocycles. The van der Waals surface area contributed by atoms with Gasteiger partial charge in [-0.1, -0.05) is 11.6 Å². The van der Waals surface area contributed by atoms with Crippen LogP contribution in [0, 0.1) is 12.8 Å². The predicted octanol–water partition coefficient (Wildman–Crippen LogP) is 2.78. The second-order valence-corrected chi connectivity index (χ2v) is 9.08. The van der Waals surface area contributed by atoms with Crippen LogP contribution in [0.4, 0.5) is 0 Å². The van der Waals surface area contributed by atoms with E-state index in [4.69, 9.17) is 21.1 Å². The summed E-state index contributed by atoms with van der Waals surface area (Å²) in [6.07, 6.45) is 3.01. The third-order valence-electron chi connectivity index (χ3n) is 6.39. The lowest BCUT2D eigenvalue weighted by Gasteiger charge is -2.39. The number of carbonyl (C=O) groups excluding carboxylic acids is 2. The number of benzene rings is 1. The summed E-state index contributed by atoms with van der Waals surface area (Å²) in [5, 5.41) is 4.91. The molecule has 2 fully saturated rings. The summed E-state index contributed by atoms with van der Waals surface area (Å²) in [4.78, 5) is 29.7. The van der Waals surface area contributed by atoms with E-state index in [0.717, 1.165) is 11.4 Å². The second-order valence-electron chi connectivity index (χ2n) is 8.64. The number of carbonyl (C=O) groups is 2. The number of likely N-dealkylation sites (tertiary alicyclic amines) is 1. The highest BCUT2D eigenvalue weighted by molar-refractivity contribution is 6.30. The quantitative estimate of drug-likeness (QED) is 0.616. The summed E-state index contributed by atoms with van der Waals surface area (Å²) in [5.41, 5.74) is 1.03. The molecule has 0 spiro atoms. The molecule has 0 radical (unpaired) electrons. The number of aryl methyl sites for hydroxylation is 2. The van der Waals surface area contributed by atoms with Crippen molar-refractivity contribution in [2.75, 3.05) is 39.4 Å². The maximum atomic E-state index is 13.0. The first-order chi connectivity index (χ1) is 16.0. The fourth-order valence-corrected chi connectivity index (χ4v) is 4.56.